The van der Waals surface area contributed by atoms with Crippen LogP contribution in [0.2, 0.25) is 0 Å². The summed E-state index contributed by atoms with van der Waals surface area (Å²) in [5.74, 6) is -0.629. The number of nitriles is 1. The molecule has 0 bridgehead atoms. The zero-order chi connectivity index (χ0) is 24.4. The molecule has 1 heterocycles. The van der Waals surface area contributed by atoms with E-state index >= 15 is 0 Å². The predicted molar refractivity (Wildman–Crippen MR) is 138 cm³/mol. The molecule has 5 aromatic rings. The number of aromatic nitrogens is 1. The molecule has 1 aromatic heterocycles. The largest absolute Gasteiger partial charge is 0.507 e. The first-order valence-corrected chi connectivity index (χ1v) is 11.2. The summed E-state index contributed by atoms with van der Waals surface area (Å²) in [6, 6.07) is 26.8. The highest BCUT2D eigenvalue weighted by atomic mass is 16.3. The maximum atomic E-state index is 12.4. The van der Waals surface area contributed by atoms with Crippen LogP contribution in [0, 0.1) is 18.3 Å². The molecular formula is C29H22N4O2. The summed E-state index contributed by atoms with van der Waals surface area (Å²) in [6.45, 7) is 2.87. The van der Waals surface area contributed by atoms with Crippen molar-refractivity contribution < 1.29 is 9.90 Å². The Bertz CT molecular complexity index is 1660. The summed E-state index contributed by atoms with van der Waals surface area (Å²) in [6.07, 6.45) is 3.67. The maximum absolute atomic E-state index is 12.4. The van der Waals surface area contributed by atoms with E-state index in [4.69, 9.17) is 5.26 Å². The molecule has 170 valence electrons. The van der Waals surface area contributed by atoms with Crippen LogP contribution in [-0.2, 0) is 6.54 Å². The minimum atomic E-state index is -0.464. The Morgan fingerprint density at radius 2 is 1.86 bits per heavy atom. The number of carbonyl (C=O) groups excluding carboxylic acids is 1. The first kappa shape index (κ1) is 21.9. The topological polar surface area (TPSA) is 90.4 Å². The van der Waals surface area contributed by atoms with Crippen molar-refractivity contribution in [2.45, 2.75) is 13.5 Å². The Morgan fingerprint density at radius 1 is 1.03 bits per heavy atom. The van der Waals surface area contributed by atoms with Crippen LogP contribution in [0.25, 0.3) is 21.7 Å². The number of aryl methyl sites for hydroxylation is 1. The Kier molecular flexibility index (Phi) is 5.74. The van der Waals surface area contributed by atoms with Crippen LogP contribution in [0.4, 0.5) is 0 Å². The summed E-state index contributed by atoms with van der Waals surface area (Å²) >= 11 is 0. The average Bonchev–Trinajstić information content (AvgIpc) is 3.29. The molecule has 0 aliphatic rings. The fourth-order valence-electron chi connectivity index (χ4n) is 4.32. The van der Waals surface area contributed by atoms with Gasteiger partial charge in [0.15, 0.2) is 0 Å². The van der Waals surface area contributed by atoms with E-state index in [-0.39, 0.29) is 16.9 Å². The monoisotopic (exact) mass is 458 g/mol. The first-order valence-electron chi connectivity index (χ1n) is 11.2. The third-order valence-corrected chi connectivity index (χ3v) is 6.17. The highest BCUT2D eigenvalue weighted by Crippen LogP contribution is 2.26. The van der Waals surface area contributed by atoms with Gasteiger partial charge < -0.3 is 9.67 Å². The molecular weight excluding hydrogens is 436 g/mol. The minimum Gasteiger partial charge on any atom is -0.507 e. The molecule has 0 fully saturated rings. The summed E-state index contributed by atoms with van der Waals surface area (Å²) in [7, 11) is 0. The molecule has 0 aliphatic carbocycles. The second kappa shape index (κ2) is 9.16. The molecule has 6 nitrogen and oxygen atoms in total. The van der Waals surface area contributed by atoms with Gasteiger partial charge in [-0.15, -0.1) is 0 Å². The highest BCUT2D eigenvalue weighted by molar-refractivity contribution is 6.00. The second-order valence-electron chi connectivity index (χ2n) is 8.35. The van der Waals surface area contributed by atoms with Gasteiger partial charge in [-0.05, 0) is 59.2 Å². The van der Waals surface area contributed by atoms with Crippen LogP contribution in [0.3, 0.4) is 0 Å². The van der Waals surface area contributed by atoms with Crippen LogP contribution in [-0.4, -0.2) is 21.8 Å². The number of rotatable bonds is 5. The standard InChI is InChI=1S/C29H22N4O2/c1-19-9-10-22(25-7-3-2-6-24(19)25)18-33-14-13-26-21(5-4-8-27(26)33)17-31-32-29(35)20-11-12-28(34)23(15-20)16-30/h2-15,17,34H,18H2,1H3,(H,32,35). The number of fused-ring (bicyclic) bond motifs is 2. The van der Waals surface area contributed by atoms with Crippen molar-refractivity contribution in [3.05, 3.63) is 113 Å². The van der Waals surface area contributed by atoms with Gasteiger partial charge in [0.1, 0.15) is 11.8 Å². The molecule has 0 spiro atoms. The normalized spacial score (nSPS) is 11.2. The first-order chi connectivity index (χ1) is 17.0. The number of amides is 1. The quantitative estimate of drug-likeness (QED) is 0.269. The Balaban J connectivity index is 1.39. The lowest BCUT2D eigenvalue weighted by Crippen LogP contribution is -2.17. The van der Waals surface area contributed by atoms with Crippen LogP contribution in [0.5, 0.6) is 5.75 Å². The maximum Gasteiger partial charge on any atom is 0.271 e. The number of nitrogens with one attached hydrogen (secondary N) is 1. The van der Waals surface area contributed by atoms with Gasteiger partial charge in [0.05, 0.1) is 11.8 Å². The number of hydrogen-bond donors (Lipinski definition) is 2. The molecule has 35 heavy (non-hydrogen) atoms. The van der Waals surface area contributed by atoms with Gasteiger partial charge in [-0.2, -0.15) is 10.4 Å². The Labute approximate surface area is 202 Å². The lowest BCUT2D eigenvalue weighted by atomic mass is 10.0. The van der Waals surface area contributed by atoms with E-state index in [1.54, 1.807) is 6.21 Å². The SMILES string of the molecule is Cc1ccc(Cn2ccc3c(C=NNC(=O)c4ccc(O)c(C#N)c4)cccc32)c2ccccc12. The zero-order valence-electron chi connectivity index (χ0n) is 19.1. The van der Waals surface area contributed by atoms with Crippen molar-refractivity contribution in [3.63, 3.8) is 0 Å². The highest BCUT2D eigenvalue weighted by Gasteiger charge is 2.10. The van der Waals surface area contributed by atoms with E-state index in [9.17, 15) is 9.90 Å². The van der Waals surface area contributed by atoms with Crippen molar-refractivity contribution in [3.8, 4) is 11.8 Å². The van der Waals surface area contributed by atoms with E-state index in [0.717, 1.165) is 23.0 Å². The molecule has 5 rings (SSSR count). The third-order valence-electron chi connectivity index (χ3n) is 6.17. The van der Waals surface area contributed by atoms with Crippen molar-refractivity contribution in [2.75, 3.05) is 0 Å². The van der Waals surface area contributed by atoms with E-state index in [2.05, 4.69) is 70.7 Å². The lowest BCUT2D eigenvalue weighted by Gasteiger charge is -2.11. The summed E-state index contributed by atoms with van der Waals surface area (Å²) in [4.78, 5) is 12.4. The summed E-state index contributed by atoms with van der Waals surface area (Å²) in [5.41, 5.74) is 7.22. The van der Waals surface area contributed by atoms with Gasteiger partial charge in [-0.25, -0.2) is 5.43 Å². The molecule has 0 unspecified atom stereocenters. The van der Waals surface area contributed by atoms with Gasteiger partial charge in [0, 0.05) is 34.8 Å². The molecule has 0 aliphatic heterocycles. The molecule has 0 atom stereocenters. The molecule has 4 aromatic carbocycles. The molecule has 1 amide bonds. The van der Waals surface area contributed by atoms with Gasteiger partial charge in [-0.3, -0.25) is 4.79 Å². The number of phenols is 1. The Morgan fingerprint density at radius 3 is 2.69 bits per heavy atom. The molecule has 0 radical (unpaired) electrons. The molecule has 2 N–H and O–H groups in total. The van der Waals surface area contributed by atoms with E-state index in [0.29, 0.717) is 0 Å². The summed E-state index contributed by atoms with van der Waals surface area (Å²) < 4.78 is 2.21. The summed E-state index contributed by atoms with van der Waals surface area (Å²) in [5, 5.41) is 26.3. The van der Waals surface area contributed by atoms with Gasteiger partial charge >= 0.3 is 0 Å². The molecule has 0 saturated carbocycles. The van der Waals surface area contributed by atoms with E-state index in [1.165, 1.54) is 40.1 Å². The van der Waals surface area contributed by atoms with Crippen LogP contribution in [0.1, 0.15) is 32.6 Å². The van der Waals surface area contributed by atoms with Gasteiger partial charge in [-0.1, -0.05) is 48.5 Å². The number of hydrogen-bond acceptors (Lipinski definition) is 4. The number of phenolic OH excluding ortho intramolecular Hbond substituents is 1. The zero-order valence-corrected chi connectivity index (χ0v) is 19.1. The number of carbonyl (C=O) groups is 1. The number of aromatic hydroxyl groups is 1. The Hall–Kier alpha value is -4.89. The van der Waals surface area contributed by atoms with Crippen molar-refractivity contribution in [1.29, 1.82) is 5.26 Å². The average molecular weight is 459 g/mol. The van der Waals surface area contributed by atoms with Crippen molar-refractivity contribution in [2.24, 2.45) is 5.10 Å². The fourth-order valence-corrected chi connectivity index (χ4v) is 4.32. The van der Waals surface area contributed by atoms with E-state index < -0.39 is 5.91 Å². The van der Waals surface area contributed by atoms with Crippen LogP contribution < -0.4 is 5.43 Å². The van der Waals surface area contributed by atoms with Crippen molar-refractivity contribution in [1.82, 2.24) is 9.99 Å². The van der Waals surface area contributed by atoms with Crippen molar-refractivity contribution >= 4 is 33.8 Å². The third kappa shape index (κ3) is 4.23. The minimum absolute atomic E-state index is 0.0362. The van der Waals surface area contributed by atoms with Gasteiger partial charge in [0.2, 0.25) is 0 Å². The smallest absolute Gasteiger partial charge is 0.271 e. The number of hydrazone groups is 1. The van der Waals surface area contributed by atoms with Gasteiger partial charge in [0.25, 0.3) is 5.91 Å². The molecule has 0 saturated heterocycles. The molecule has 6 heteroatoms. The number of benzene rings is 4. The number of nitrogens with zero attached hydrogens (tertiary/aromatic N) is 3. The van der Waals surface area contributed by atoms with Crippen LogP contribution >= 0.6 is 0 Å². The fraction of sp³-hybridized carbons (Fsp3) is 0.0690. The van der Waals surface area contributed by atoms with Crippen LogP contribution in [0.15, 0.2) is 90.2 Å². The predicted octanol–water partition coefficient (Wildman–Crippen LogP) is 5.49. The lowest BCUT2D eigenvalue weighted by molar-refractivity contribution is 0.0955. The second-order valence-corrected chi connectivity index (χ2v) is 8.35. The van der Waals surface area contributed by atoms with E-state index in [1.807, 2.05) is 24.3 Å².